The largest absolute Gasteiger partial charge is 0.343 e. The summed E-state index contributed by atoms with van der Waals surface area (Å²) in [5, 5.41) is 0. The van der Waals surface area contributed by atoms with E-state index in [9.17, 15) is 4.79 Å². The molecule has 4 heteroatoms. The molecule has 1 aromatic heterocycles. The molecule has 0 saturated carbocycles. The molecule has 1 aliphatic heterocycles. The molecule has 1 aromatic carbocycles. The van der Waals surface area contributed by atoms with Gasteiger partial charge in [-0.15, -0.1) is 0 Å². The highest BCUT2D eigenvalue weighted by Gasteiger charge is 2.23. The quantitative estimate of drug-likeness (QED) is 0.765. The average Bonchev–Trinajstić information content (AvgIpc) is 3.01. The van der Waals surface area contributed by atoms with Crippen LogP contribution in [-0.4, -0.2) is 33.4 Å². The predicted octanol–water partition coefficient (Wildman–Crippen LogP) is 4.53. The van der Waals surface area contributed by atoms with Gasteiger partial charge in [-0.1, -0.05) is 44.2 Å². The molecule has 0 unspecified atom stereocenters. The van der Waals surface area contributed by atoms with Gasteiger partial charge >= 0.3 is 0 Å². The number of amides is 1. The van der Waals surface area contributed by atoms with Crippen molar-refractivity contribution in [3.63, 3.8) is 0 Å². The highest BCUT2D eigenvalue weighted by atomic mass is 16.2. The van der Waals surface area contributed by atoms with E-state index in [0.29, 0.717) is 24.2 Å². The van der Waals surface area contributed by atoms with Crippen molar-refractivity contribution in [2.75, 3.05) is 13.1 Å². The summed E-state index contributed by atoms with van der Waals surface area (Å²) in [6.07, 6.45) is 6.05. The van der Waals surface area contributed by atoms with Crippen molar-refractivity contribution in [3.05, 3.63) is 42.2 Å². The van der Waals surface area contributed by atoms with Crippen molar-refractivity contribution in [2.45, 2.75) is 53.0 Å². The number of aromatic nitrogens is 2. The van der Waals surface area contributed by atoms with Gasteiger partial charge in [-0.2, -0.15) is 0 Å². The van der Waals surface area contributed by atoms with Crippen molar-refractivity contribution < 1.29 is 4.79 Å². The summed E-state index contributed by atoms with van der Waals surface area (Å²) < 4.78 is 2.34. The minimum absolute atomic E-state index is 0.329. The van der Waals surface area contributed by atoms with Gasteiger partial charge in [-0.3, -0.25) is 4.79 Å². The molecule has 26 heavy (non-hydrogen) atoms. The Kier molecular flexibility index (Phi) is 6.12. The van der Waals surface area contributed by atoms with Crippen molar-refractivity contribution >= 4 is 5.91 Å². The molecule has 2 heterocycles. The second-order valence-electron chi connectivity index (χ2n) is 7.95. The highest BCUT2D eigenvalue weighted by Crippen LogP contribution is 2.25. The lowest BCUT2D eigenvalue weighted by atomic mass is 9.93. The molecule has 4 nitrogen and oxygen atoms in total. The first-order chi connectivity index (χ1) is 12.5. The first-order valence-corrected chi connectivity index (χ1v) is 9.90. The summed E-state index contributed by atoms with van der Waals surface area (Å²) in [5.74, 6) is 2.53. The van der Waals surface area contributed by atoms with E-state index in [4.69, 9.17) is 0 Å². The summed E-state index contributed by atoms with van der Waals surface area (Å²) in [4.78, 5) is 18.9. The third-order valence-corrected chi connectivity index (χ3v) is 5.40. The van der Waals surface area contributed by atoms with E-state index in [0.717, 1.165) is 44.7 Å². The van der Waals surface area contributed by atoms with Gasteiger partial charge < -0.3 is 9.47 Å². The fourth-order valence-corrected chi connectivity index (χ4v) is 3.82. The molecule has 1 fully saturated rings. The fraction of sp³-hybridized carbons (Fsp3) is 0.545. The third-order valence-electron chi connectivity index (χ3n) is 5.40. The normalized spacial score (nSPS) is 15.6. The van der Waals surface area contributed by atoms with E-state index in [1.807, 2.05) is 12.3 Å². The average molecular weight is 354 g/mol. The number of imidazole rings is 1. The second kappa shape index (κ2) is 8.52. The second-order valence-corrected chi connectivity index (χ2v) is 7.95. The Labute approximate surface area is 157 Å². The number of likely N-dealkylation sites (tertiary alicyclic amines) is 1. The zero-order valence-electron chi connectivity index (χ0n) is 16.3. The number of carbonyl (C=O) groups excluding carboxylic acids is 1. The van der Waals surface area contributed by atoms with Crippen LogP contribution < -0.4 is 0 Å². The molecule has 0 atom stereocenters. The Morgan fingerprint density at radius 1 is 1.19 bits per heavy atom. The van der Waals surface area contributed by atoms with E-state index >= 15 is 0 Å². The Balaban J connectivity index is 1.55. The molecule has 1 aliphatic rings. The lowest BCUT2D eigenvalue weighted by Gasteiger charge is -2.32. The summed E-state index contributed by atoms with van der Waals surface area (Å²) in [5.41, 5.74) is 2.39. The number of benzene rings is 1. The third kappa shape index (κ3) is 4.54. The van der Waals surface area contributed by atoms with Gasteiger partial charge in [0.25, 0.3) is 0 Å². The number of piperidine rings is 1. The lowest BCUT2D eigenvalue weighted by Crippen LogP contribution is -2.39. The van der Waals surface area contributed by atoms with Gasteiger partial charge in [0, 0.05) is 43.5 Å². The van der Waals surface area contributed by atoms with Gasteiger partial charge in [0.2, 0.25) is 5.91 Å². The monoisotopic (exact) mass is 353 g/mol. The Hall–Kier alpha value is -2.10. The van der Waals surface area contributed by atoms with E-state index in [2.05, 4.69) is 59.5 Å². The summed E-state index contributed by atoms with van der Waals surface area (Å²) in [7, 11) is 0. The zero-order chi connectivity index (χ0) is 18.5. The van der Waals surface area contributed by atoms with Crippen LogP contribution in [-0.2, 0) is 11.3 Å². The van der Waals surface area contributed by atoms with E-state index < -0.39 is 0 Å². The molecule has 1 amide bonds. The van der Waals surface area contributed by atoms with E-state index in [-0.39, 0.29) is 0 Å². The van der Waals surface area contributed by atoms with Crippen LogP contribution in [0.25, 0.3) is 11.4 Å². The maximum Gasteiger partial charge on any atom is 0.222 e. The van der Waals surface area contributed by atoms with Crippen molar-refractivity contribution in [2.24, 2.45) is 11.8 Å². The SMILES string of the molecule is Cc1cnc(-c2ccccc2)n1CCC1CCN(C(=O)CC(C)C)CC1. The smallest absolute Gasteiger partial charge is 0.222 e. The molecular weight excluding hydrogens is 322 g/mol. The molecular formula is C22H31N3O. The molecule has 140 valence electrons. The van der Waals surface area contributed by atoms with E-state index in [1.165, 1.54) is 11.3 Å². The molecule has 0 aliphatic carbocycles. The maximum absolute atomic E-state index is 12.2. The Morgan fingerprint density at radius 2 is 1.88 bits per heavy atom. The van der Waals surface area contributed by atoms with Gasteiger partial charge in [0.15, 0.2) is 0 Å². The van der Waals surface area contributed by atoms with Crippen LogP contribution >= 0.6 is 0 Å². The predicted molar refractivity (Wildman–Crippen MR) is 106 cm³/mol. The number of rotatable bonds is 6. The lowest BCUT2D eigenvalue weighted by molar-refractivity contribution is -0.133. The molecule has 1 saturated heterocycles. The molecule has 0 bridgehead atoms. The molecule has 2 aromatic rings. The number of hydrogen-bond donors (Lipinski definition) is 0. The molecule has 0 radical (unpaired) electrons. The van der Waals surface area contributed by atoms with Gasteiger partial charge in [-0.25, -0.2) is 4.98 Å². The van der Waals surface area contributed by atoms with Gasteiger partial charge in [0.05, 0.1) is 0 Å². The van der Waals surface area contributed by atoms with E-state index in [1.54, 1.807) is 0 Å². The fourth-order valence-electron chi connectivity index (χ4n) is 3.82. The zero-order valence-corrected chi connectivity index (χ0v) is 16.3. The first-order valence-electron chi connectivity index (χ1n) is 9.90. The first kappa shape index (κ1) is 18.7. The standard InChI is InChI=1S/C22H31N3O/c1-17(2)15-21(26)24-12-9-19(10-13-24)11-14-25-18(3)16-23-22(25)20-7-5-4-6-8-20/h4-8,16-17,19H,9-15H2,1-3H3. The molecule has 0 N–H and O–H groups in total. The summed E-state index contributed by atoms with van der Waals surface area (Å²) in [6.45, 7) is 9.20. The van der Waals surface area contributed by atoms with Gasteiger partial charge in [-0.05, 0) is 38.0 Å². The van der Waals surface area contributed by atoms with Crippen molar-refractivity contribution in [1.82, 2.24) is 14.5 Å². The highest BCUT2D eigenvalue weighted by molar-refractivity contribution is 5.76. The van der Waals surface area contributed by atoms with Crippen LogP contribution in [0.4, 0.5) is 0 Å². The Bertz CT molecular complexity index is 712. The van der Waals surface area contributed by atoms with Crippen LogP contribution in [0.1, 0.15) is 45.2 Å². The number of nitrogens with zero attached hydrogens (tertiary/aromatic N) is 3. The van der Waals surface area contributed by atoms with Crippen LogP contribution in [0, 0.1) is 18.8 Å². The maximum atomic E-state index is 12.2. The minimum Gasteiger partial charge on any atom is -0.343 e. The topological polar surface area (TPSA) is 38.1 Å². The van der Waals surface area contributed by atoms with Crippen LogP contribution in [0.5, 0.6) is 0 Å². The molecule has 3 rings (SSSR count). The summed E-state index contributed by atoms with van der Waals surface area (Å²) in [6, 6.07) is 10.4. The van der Waals surface area contributed by atoms with Gasteiger partial charge in [0.1, 0.15) is 5.82 Å². The van der Waals surface area contributed by atoms with Crippen molar-refractivity contribution in [3.8, 4) is 11.4 Å². The van der Waals surface area contributed by atoms with Crippen LogP contribution in [0.3, 0.4) is 0 Å². The van der Waals surface area contributed by atoms with Crippen LogP contribution in [0.2, 0.25) is 0 Å². The number of aryl methyl sites for hydroxylation is 1. The Morgan fingerprint density at radius 3 is 2.54 bits per heavy atom. The summed E-state index contributed by atoms with van der Waals surface area (Å²) >= 11 is 0. The number of carbonyl (C=O) groups is 1. The van der Waals surface area contributed by atoms with Crippen LogP contribution in [0.15, 0.2) is 36.5 Å². The molecule has 0 spiro atoms. The number of hydrogen-bond acceptors (Lipinski definition) is 2. The minimum atomic E-state index is 0.329. The van der Waals surface area contributed by atoms with Crippen molar-refractivity contribution in [1.29, 1.82) is 0 Å².